The predicted molar refractivity (Wildman–Crippen MR) is 85.5 cm³/mol. The lowest BCUT2D eigenvalue weighted by atomic mass is 10.2. The van der Waals surface area contributed by atoms with Gasteiger partial charge in [0.05, 0.1) is 6.54 Å². The van der Waals surface area contributed by atoms with E-state index in [1.807, 2.05) is 0 Å². The van der Waals surface area contributed by atoms with Gasteiger partial charge in [0.15, 0.2) is 5.96 Å². The van der Waals surface area contributed by atoms with E-state index in [0.717, 1.165) is 12.5 Å². The molecular weight excluding hydrogens is 343 g/mol. The number of hydrogen-bond acceptors (Lipinski definition) is 2. The fourth-order valence-electron chi connectivity index (χ4n) is 1.98. The Bertz CT molecular complexity index is 265. The standard InChI is InChI=1S/C12H24N4O.HI/c1-3-13-12(15-9-8-14-10(2)17)16-11-6-4-5-7-11;/h11H,3-9H2,1-2H3,(H,14,17)(H2,13,15,16);1H. The largest absolute Gasteiger partial charge is 0.357 e. The van der Waals surface area contributed by atoms with E-state index in [4.69, 9.17) is 0 Å². The molecule has 3 N–H and O–H groups in total. The minimum absolute atomic E-state index is 0. The lowest BCUT2D eigenvalue weighted by Gasteiger charge is -2.16. The van der Waals surface area contributed by atoms with Gasteiger partial charge in [0.2, 0.25) is 5.91 Å². The molecule has 0 aromatic carbocycles. The maximum atomic E-state index is 10.7. The topological polar surface area (TPSA) is 65.5 Å². The number of carbonyl (C=O) groups excluding carboxylic acids is 1. The molecule has 0 atom stereocenters. The molecule has 0 heterocycles. The Kier molecular flexibility index (Phi) is 10.1. The first kappa shape index (κ1) is 17.5. The maximum Gasteiger partial charge on any atom is 0.216 e. The molecule has 1 aliphatic rings. The van der Waals surface area contributed by atoms with Gasteiger partial charge in [0.1, 0.15) is 0 Å². The third kappa shape index (κ3) is 7.73. The van der Waals surface area contributed by atoms with E-state index in [9.17, 15) is 4.79 Å². The lowest BCUT2D eigenvalue weighted by molar-refractivity contribution is -0.118. The average Bonchev–Trinajstić information content (AvgIpc) is 2.77. The number of nitrogens with one attached hydrogen (secondary N) is 3. The summed E-state index contributed by atoms with van der Waals surface area (Å²) in [6.07, 6.45) is 5.08. The molecule has 106 valence electrons. The van der Waals surface area contributed by atoms with Crippen molar-refractivity contribution in [2.45, 2.75) is 45.6 Å². The molecule has 1 saturated carbocycles. The first-order valence-corrected chi connectivity index (χ1v) is 6.51. The Balaban J connectivity index is 0.00000289. The number of guanidine groups is 1. The molecule has 0 spiro atoms. The van der Waals surface area contributed by atoms with E-state index < -0.39 is 0 Å². The van der Waals surface area contributed by atoms with Crippen molar-refractivity contribution in [2.75, 3.05) is 19.6 Å². The molecule has 0 aromatic rings. The minimum Gasteiger partial charge on any atom is -0.357 e. The predicted octanol–water partition coefficient (Wildman–Crippen LogP) is 1.24. The molecule has 0 bridgehead atoms. The number of hydrogen-bond donors (Lipinski definition) is 3. The van der Waals surface area contributed by atoms with Crippen LogP contribution in [0.25, 0.3) is 0 Å². The number of amides is 1. The average molecular weight is 368 g/mol. The van der Waals surface area contributed by atoms with Crippen molar-refractivity contribution in [3.05, 3.63) is 0 Å². The van der Waals surface area contributed by atoms with Crippen molar-refractivity contribution in [3.8, 4) is 0 Å². The Labute approximate surface area is 127 Å². The second kappa shape index (κ2) is 10.4. The van der Waals surface area contributed by atoms with Gasteiger partial charge in [-0.25, -0.2) is 0 Å². The van der Waals surface area contributed by atoms with Gasteiger partial charge in [-0.1, -0.05) is 12.8 Å². The molecule has 1 rings (SSSR count). The van der Waals surface area contributed by atoms with Crippen molar-refractivity contribution in [3.63, 3.8) is 0 Å². The van der Waals surface area contributed by atoms with Crippen molar-refractivity contribution in [1.82, 2.24) is 16.0 Å². The van der Waals surface area contributed by atoms with Crippen LogP contribution >= 0.6 is 24.0 Å². The summed E-state index contributed by atoms with van der Waals surface area (Å²) >= 11 is 0. The van der Waals surface area contributed by atoms with E-state index in [-0.39, 0.29) is 29.9 Å². The summed E-state index contributed by atoms with van der Waals surface area (Å²) < 4.78 is 0. The summed E-state index contributed by atoms with van der Waals surface area (Å²) in [6, 6.07) is 0.563. The van der Waals surface area contributed by atoms with Crippen LogP contribution in [0.1, 0.15) is 39.5 Å². The van der Waals surface area contributed by atoms with Crippen molar-refractivity contribution in [2.24, 2.45) is 4.99 Å². The number of carbonyl (C=O) groups is 1. The van der Waals surface area contributed by atoms with Gasteiger partial charge >= 0.3 is 0 Å². The van der Waals surface area contributed by atoms with Crippen molar-refractivity contribution in [1.29, 1.82) is 0 Å². The second-order valence-corrected chi connectivity index (χ2v) is 4.37. The minimum atomic E-state index is -0.00560. The smallest absolute Gasteiger partial charge is 0.216 e. The first-order valence-electron chi connectivity index (χ1n) is 6.51. The molecule has 6 heteroatoms. The van der Waals surface area contributed by atoms with E-state index in [0.29, 0.717) is 19.1 Å². The Morgan fingerprint density at radius 3 is 2.50 bits per heavy atom. The lowest BCUT2D eigenvalue weighted by Crippen LogP contribution is -2.42. The molecular formula is C12H25IN4O. The van der Waals surface area contributed by atoms with Crippen LogP contribution in [0.4, 0.5) is 0 Å². The third-order valence-corrected chi connectivity index (χ3v) is 2.80. The Morgan fingerprint density at radius 1 is 1.28 bits per heavy atom. The molecule has 0 radical (unpaired) electrons. The second-order valence-electron chi connectivity index (χ2n) is 4.37. The number of halogens is 1. The van der Waals surface area contributed by atoms with Gasteiger partial charge in [0, 0.05) is 26.1 Å². The van der Waals surface area contributed by atoms with Gasteiger partial charge in [-0.3, -0.25) is 9.79 Å². The summed E-state index contributed by atoms with van der Waals surface area (Å²) in [5.74, 6) is 0.860. The quantitative estimate of drug-likeness (QED) is 0.296. The number of nitrogens with zero attached hydrogens (tertiary/aromatic N) is 1. The van der Waals surface area contributed by atoms with Crippen LogP contribution in [-0.4, -0.2) is 37.5 Å². The van der Waals surface area contributed by atoms with Gasteiger partial charge in [0.25, 0.3) is 0 Å². The van der Waals surface area contributed by atoms with Gasteiger partial charge in [-0.05, 0) is 19.8 Å². The van der Waals surface area contributed by atoms with Gasteiger partial charge < -0.3 is 16.0 Å². The van der Waals surface area contributed by atoms with Crippen LogP contribution in [0, 0.1) is 0 Å². The molecule has 0 saturated heterocycles. The summed E-state index contributed by atoms with van der Waals surface area (Å²) in [6.45, 7) is 5.64. The van der Waals surface area contributed by atoms with E-state index >= 15 is 0 Å². The van der Waals surface area contributed by atoms with Crippen LogP contribution < -0.4 is 16.0 Å². The van der Waals surface area contributed by atoms with Crippen molar-refractivity contribution < 1.29 is 4.79 Å². The van der Waals surface area contributed by atoms with E-state index in [2.05, 4.69) is 27.9 Å². The molecule has 0 aromatic heterocycles. The normalized spacial score (nSPS) is 16.0. The zero-order chi connectivity index (χ0) is 12.5. The highest BCUT2D eigenvalue weighted by molar-refractivity contribution is 14.0. The van der Waals surface area contributed by atoms with Crippen LogP contribution in [0.2, 0.25) is 0 Å². The highest BCUT2D eigenvalue weighted by Gasteiger charge is 2.15. The first-order chi connectivity index (χ1) is 8.22. The fraction of sp³-hybridized carbons (Fsp3) is 0.833. The van der Waals surface area contributed by atoms with Crippen LogP contribution in [0.5, 0.6) is 0 Å². The van der Waals surface area contributed by atoms with Crippen LogP contribution in [0.15, 0.2) is 4.99 Å². The number of aliphatic imine (C=N–C) groups is 1. The van der Waals surface area contributed by atoms with Crippen LogP contribution in [0.3, 0.4) is 0 Å². The molecule has 18 heavy (non-hydrogen) atoms. The third-order valence-electron chi connectivity index (χ3n) is 2.80. The van der Waals surface area contributed by atoms with E-state index in [1.54, 1.807) is 0 Å². The van der Waals surface area contributed by atoms with E-state index in [1.165, 1.54) is 32.6 Å². The molecule has 0 unspecified atom stereocenters. The summed E-state index contributed by atoms with van der Waals surface area (Å²) in [7, 11) is 0. The SMILES string of the molecule is CCNC(=NCCNC(C)=O)NC1CCCC1.I. The molecule has 0 aliphatic heterocycles. The molecule has 1 aliphatic carbocycles. The number of rotatable bonds is 5. The summed E-state index contributed by atoms with van der Waals surface area (Å²) in [5.41, 5.74) is 0. The summed E-state index contributed by atoms with van der Waals surface area (Å²) in [4.78, 5) is 15.1. The molecule has 1 fully saturated rings. The zero-order valence-electron chi connectivity index (χ0n) is 11.3. The molecule has 5 nitrogen and oxygen atoms in total. The highest BCUT2D eigenvalue weighted by Crippen LogP contribution is 2.17. The Hall–Kier alpha value is -0.530. The zero-order valence-corrected chi connectivity index (χ0v) is 13.6. The highest BCUT2D eigenvalue weighted by atomic mass is 127. The molecule has 1 amide bonds. The van der Waals surface area contributed by atoms with Crippen LogP contribution in [-0.2, 0) is 4.79 Å². The van der Waals surface area contributed by atoms with Gasteiger partial charge in [-0.15, -0.1) is 24.0 Å². The van der Waals surface area contributed by atoms with Gasteiger partial charge in [-0.2, -0.15) is 0 Å². The summed E-state index contributed by atoms with van der Waals surface area (Å²) in [5, 5.41) is 9.39. The monoisotopic (exact) mass is 368 g/mol. The maximum absolute atomic E-state index is 10.7. The Morgan fingerprint density at radius 2 is 1.94 bits per heavy atom. The fourth-order valence-corrected chi connectivity index (χ4v) is 1.98. The van der Waals surface area contributed by atoms with Crippen molar-refractivity contribution >= 4 is 35.8 Å².